The zero-order valence-corrected chi connectivity index (χ0v) is 14.8. The quantitative estimate of drug-likeness (QED) is 0.735. The second kappa shape index (κ2) is 5.07. The first-order valence-corrected chi connectivity index (χ1v) is 8.77. The maximum atomic E-state index is 12.0. The van der Waals surface area contributed by atoms with E-state index in [1.807, 2.05) is 59.7 Å². The summed E-state index contributed by atoms with van der Waals surface area (Å²) in [7, 11) is -4.58. The van der Waals surface area contributed by atoms with Crippen LogP contribution in [0.4, 0.5) is 0 Å². The minimum absolute atomic E-state index is 0.0666. The lowest BCUT2D eigenvalue weighted by Gasteiger charge is -2.34. The Kier molecular flexibility index (Phi) is 3.91. The van der Waals surface area contributed by atoms with Gasteiger partial charge in [0.05, 0.1) is 4.90 Å². The minimum Gasteiger partial charge on any atom is -0.744 e. The van der Waals surface area contributed by atoms with E-state index in [4.69, 9.17) is 0 Å². The summed E-state index contributed by atoms with van der Waals surface area (Å²) < 4.78 is 36.1. The Morgan fingerprint density at radius 1 is 0.909 bits per heavy atom. The first kappa shape index (κ1) is 17.0. The van der Waals surface area contributed by atoms with E-state index in [9.17, 15) is 13.0 Å². The molecule has 0 fully saturated rings. The Balaban J connectivity index is 3.16. The molecule has 120 valence electrons. The number of benzene rings is 2. The van der Waals surface area contributed by atoms with Crippen LogP contribution in [0.5, 0.6) is 0 Å². The van der Waals surface area contributed by atoms with Crippen molar-refractivity contribution in [3.05, 3.63) is 41.5 Å². The Bertz CT molecular complexity index is 820. The van der Waals surface area contributed by atoms with Gasteiger partial charge < -0.3 is 4.55 Å². The van der Waals surface area contributed by atoms with Crippen LogP contribution in [-0.4, -0.2) is 13.0 Å². The van der Waals surface area contributed by atoms with Crippen molar-refractivity contribution in [1.29, 1.82) is 0 Å². The SMILES string of the molecule is CC(C)(C)c1cc2ccccc2c(S(=O)(=O)[O-])c1C(C)(C)C. The van der Waals surface area contributed by atoms with Crippen LogP contribution in [0, 0.1) is 0 Å². The molecule has 2 aromatic carbocycles. The van der Waals surface area contributed by atoms with Gasteiger partial charge in [0.25, 0.3) is 0 Å². The highest BCUT2D eigenvalue weighted by Gasteiger charge is 2.31. The molecule has 0 saturated carbocycles. The minimum atomic E-state index is -4.58. The molecule has 0 spiro atoms. The molecule has 0 unspecified atom stereocenters. The zero-order valence-electron chi connectivity index (χ0n) is 14.0. The maximum Gasteiger partial charge on any atom is 0.125 e. The molecular formula is C18H23O3S-. The molecule has 0 heterocycles. The highest BCUT2D eigenvalue weighted by Crippen LogP contribution is 2.41. The standard InChI is InChI=1S/C18H24O3S/c1-17(2,3)14-11-12-9-7-8-10-13(12)16(22(19,20)21)15(14)18(4,5)6/h7-11H,1-6H3,(H,19,20,21)/p-1. The molecule has 0 amide bonds. The third-order valence-electron chi connectivity index (χ3n) is 3.81. The Morgan fingerprint density at radius 2 is 1.45 bits per heavy atom. The molecule has 0 saturated heterocycles. The van der Waals surface area contributed by atoms with Gasteiger partial charge in [-0.2, -0.15) is 0 Å². The van der Waals surface area contributed by atoms with E-state index in [0.717, 1.165) is 10.9 Å². The summed E-state index contributed by atoms with van der Waals surface area (Å²) in [6, 6.07) is 9.20. The van der Waals surface area contributed by atoms with Gasteiger partial charge in [-0.15, -0.1) is 0 Å². The first-order valence-electron chi connectivity index (χ1n) is 7.36. The van der Waals surface area contributed by atoms with Crippen LogP contribution in [0.3, 0.4) is 0 Å². The van der Waals surface area contributed by atoms with Crippen LogP contribution in [0.25, 0.3) is 10.8 Å². The van der Waals surface area contributed by atoms with Crippen molar-refractivity contribution < 1.29 is 13.0 Å². The second-order valence-corrected chi connectivity index (χ2v) is 9.12. The van der Waals surface area contributed by atoms with E-state index in [2.05, 4.69) is 0 Å². The molecule has 0 aliphatic rings. The fourth-order valence-electron chi connectivity index (χ4n) is 2.91. The number of fused-ring (bicyclic) bond motifs is 1. The maximum absolute atomic E-state index is 12.0. The van der Waals surface area contributed by atoms with Crippen molar-refractivity contribution in [3.8, 4) is 0 Å². The fraction of sp³-hybridized carbons (Fsp3) is 0.444. The molecule has 0 atom stereocenters. The topological polar surface area (TPSA) is 57.2 Å². The summed E-state index contributed by atoms with van der Waals surface area (Å²) in [5.41, 5.74) is 0.841. The molecule has 0 aliphatic carbocycles. The molecule has 3 nitrogen and oxygen atoms in total. The lowest BCUT2D eigenvalue weighted by molar-refractivity contribution is 0.455. The largest absolute Gasteiger partial charge is 0.744 e. The lowest BCUT2D eigenvalue weighted by atomic mass is 9.74. The Morgan fingerprint density at radius 3 is 1.91 bits per heavy atom. The van der Waals surface area contributed by atoms with Gasteiger partial charge in [-0.25, -0.2) is 8.42 Å². The van der Waals surface area contributed by atoms with Crippen LogP contribution in [0.2, 0.25) is 0 Å². The van der Waals surface area contributed by atoms with Crippen molar-refractivity contribution in [2.24, 2.45) is 0 Å². The summed E-state index contributed by atoms with van der Waals surface area (Å²) in [4.78, 5) is -0.0666. The first-order chi connectivity index (χ1) is 9.83. The second-order valence-electron chi connectivity index (χ2n) is 7.80. The summed E-state index contributed by atoms with van der Waals surface area (Å²) in [5.74, 6) is 0. The Hall–Kier alpha value is -1.39. The van der Waals surface area contributed by atoms with E-state index in [0.29, 0.717) is 10.9 Å². The van der Waals surface area contributed by atoms with E-state index < -0.39 is 15.5 Å². The van der Waals surface area contributed by atoms with Crippen LogP contribution in [0.1, 0.15) is 52.7 Å². The number of hydrogen-bond donors (Lipinski definition) is 0. The summed E-state index contributed by atoms with van der Waals surface area (Å²) in [5, 5.41) is 1.30. The molecule has 0 aromatic heterocycles. The van der Waals surface area contributed by atoms with Gasteiger partial charge in [0.1, 0.15) is 10.1 Å². The van der Waals surface area contributed by atoms with Crippen LogP contribution >= 0.6 is 0 Å². The summed E-state index contributed by atoms with van der Waals surface area (Å²) in [6.45, 7) is 11.9. The average molecular weight is 319 g/mol. The molecular weight excluding hydrogens is 296 g/mol. The van der Waals surface area contributed by atoms with Crippen LogP contribution in [-0.2, 0) is 20.9 Å². The molecule has 0 N–H and O–H groups in total. The van der Waals surface area contributed by atoms with Gasteiger partial charge in [0.2, 0.25) is 0 Å². The van der Waals surface area contributed by atoms with E-state index in [1.54, 1.807) is 12.1 Å². The van der Waals surface area contributed by atoms with Crippen molar-refractivity contribution >= 4 is 20.9 Å². The summed E-state index contributed by atoms with van der Waals surface area (Å²) in [6.07, 6.45) is 0. The lowest BCUT2D eigenvalue weighted by Crippen LogP contribution is -2.25. The van der Waals surface area contributed by atoms with Crippen molar-refractivity contribution in [3.63, 3.8) is 0 Å². The number of hydrogen-bond acceptors (Lipinski definition) is 3. The highest BCUT2D eigenvalue weighted by molar-refractivity contribution is 7.86. The van der Waals surface area contributed by atoms with E-state index >= 15 is 0 Å². The normalized spacial score (nSPS) is 13.6. The van der Waals surface area contributed by atoms with E-state index in [-0.39, 0.29) is 10.3 Å². The van der Waals surface area contributed by atoms with Gasteiger partial charge in [-0.05, 0) is 32.7 Å². The van der Waals surface area contributed by atoms with Crippen LogP contribution < -0.4 is 0 Å². The molecule has 4 heteroatoms. The monoisotopic (exact) mass is 319 g/mol. The van der Waals surface area contributed by atoms with Gasteiger partial charge in [-0.3, -0.25) is 0 Å². The van der Waals surface area contributed by atoms with Gasteiger partial charge >= 0.3 is 0 Å². The van der Waals surface area contributed by atoms with Gasteiger partial charge in [0.15, 0.2) is 0 Å². The zero-order chi connectivity index (χ0) is 16.9. The molecule has 2 aromatic rings. The molecule has 0 bridgehead atoms. The summed E-state index contributed by atoms with van der Waals surface area (Å²) >= 11 is 0. The third kappa shape index (κ3) is 3.03. The van der Waals surface area contributed by atoms with Crippen molar-refractivity contribution in [2.45, 2.75) is 57.3 Å². The Labute approximate surface area is 133 Å². The van der Waals surface area contributed by atoms with Gasteiger partial charge in [0, 0.05) is 0 Å². The van der Waals surface area contributed by atoms with E-state index in [1.165, 1.54) is 0 Å². The van der Waals surface area contributed by atoms with Crippen molar-refractivity contribution in [2.75, 3.05) is 0 Å². The van der Waals surface area contributed by atoms with Crippen molar-refractivity contribution in [1.82, 2.24) is 0 Å². The predicted molar refractivity (Wildman–Crippen MR) is 89.3 cm³/mol. The number of rotatable bonds is 1. The highest BCUT2D eigenvalue weighted by atomic mass is 32.2. The molecule has 0 aliphatic heterocycles. The molecule has 2 rings (SSSR count). The van der Waals surface area contributed by atoms with Crippen LogP contribution in [0.15, 0.2) is 35.2 Å². The smallest absolute Gasteiger partial charge is 0.125 e. The third-order valence-corrected chi connectivity index (χ3v) is 4.73. The van der Waals surface area contributed by atoms with Gasteiger partial charge in [-0.1, -0.05) is 71.9 Å². The predicted octanol–water partition coefficient (Wildman–Crippen LogP) is 4.34. The molecule has 0 radical (unpaired) electrons. The fourth-order valence-corrected chi connectivity index (χ4v) is 4.03. The average Bonchev–Trinajstić information content (AvgIpc) is 2.33. The molecule has 22 heavy (non-hydrogen) atoms.